The van der Waals surface area contributed by atoms with E-state index in [-0.39, 0.29) is 22.4 Å². The molecule has 0 amide bonds. The third-order valence-corrected chi connectivity index (χ3v) is 6.15. The van der Waals surface area contributed by atoms with Crippen LogP contribution in [0, 0.1) is 16.7 Å². The molecule has 0 aliphatic carbocycles. The largest absolute Gasteiger partial charge is 0.298 e. The Bertz CT molecular complexity index is 287. The summed E-state index contributed by atoms with van der Waals surface area (Å²) < 4.78 is 0. The summed E-state index contributed by atoms with van der Waals surface area (Å²) in [4.78, 5) is 26.2. The zero-order valence-corrected chi connectivity index (χ0v) is 15.3. The van der Waals surface area contributed by atoms with E-state index in [9.17, 15) is 9.59 Å². The molecule has 0 saturated carbocycles. The van der Waals surface area contributed by atoms with Gasteiger partial charge in [-0.2, -0.15) is 0 Å². The molecule has 0 atom stereocenters. The number of carbonyl (C=O) groups excluding carboxylic acids is 2. The van der Waals surface area contributed by atoms with E-state index in [4.69, 9.17) is 0 Å². The van der Waals surface area contributed by atoms with Gasteiger partial charge in [0.1, 0.15) is 11.6 Å². The maximum absolute atomic E-state index is 13.1. The van der Waals surface area contributed by atoms with E-state index in [1.54, 1.807) is 0 Å². The molecule has 21 heavy (non-hydrogen) atoms. The van der Waals surface area contributed by atoms with Gasteiger partial charge in [-0.3, -0.25) is 9.59 Å². The first kappa shape index (κ1) is 20.3. The van der Waals surface area contributed by atoms with E-state index in [2.05, 4.69) is 41.5 Å². The lowest BCUT2D eigenvalue weighted by Crippen LogP contribution is -2.44. The van der Waals surface area contributed by atoms with Crippen LogP contribution in [-0.2, 0) is 9.59 Å². The molecular formula is C19H36O2. The highest BCUT2D eigenvalue weighted by Gasteiger charge is 2.45. The fourth-order valence-corrected chi connectivity index (χ4v) is 3.77. The highest BCUT2D eigenvalue weighted by Crippen LogP contribution is 2.40. The van der Waals surface area contributed by atoms with E-state index in [0.29, 0.717) is 6.42 Å². The second-order valence-electron chi connectivity index (χ2n) is 6.37. The van der Waals surface area contributed by atoms with Crippen LogP contribution >= 0.6 is 0 Å². The topological polar surface area (TPSA) is 34.1 Å². The van der Waals surface area contributed by atoms with Gasteiger partial charge in [-0.05, 0) is 44.9 Å². The number of hydrogen-bond acceptors (Lipinski definition) is 2. The molecule has 0 bridgehead atoms. The summed E-state index contributed by atoms with van der Waals surface area (Å²) in [5.74, 6) is -0.0193. The SMILES string of the molecule is CCC(C(=O)C(CC)(CC)CC)C(=O)C(CC)(CC)CC. The van der Waals surface area contributed by atoms with Crippen LogP contribution < -0.4 is 0 Å². The molecule has 0 rings (SSSR count). The average molecular weight is 296 g/mol. The van der Waals surface area contributed by atoms with Gasteiger partial charge in [-0.15, -0.1) is 0 Å². The second kappa shape index (κ2) is 8.70. The van der Waals surface area contributed by atoms with Crippen LogP contribution in [0.25, 0.3) is 0 Å². The van der Waals surface area contributed by atoms with Crippen molar-refractivity contribution in [1.29, 1.82) is 0 Å². The van der Waals surface area contributed by atoms with Gasteiger partial charge in [-0.1, -0.05) is 48.5 Å². The molecule has 0 heterocycles. The Morgan fingerprint density at radius 2 is 0.857 bits per heavy atom. The molecule has 0 radical (unpaired) electrons. The molecular weight excluding hydrogens is 260 g/mol. The molecule has 0 aromatic rings. The van der Waals surface area contributed by atoms with Gasteiger partial charge in [0.2, 0.25) is 0 Å². The van der Waals surface area contributed by atoms with Crippen LogP contribution in [0.15, 0.2) is 0 Å². The molecule has 0 aromatic heterocycles. The molecule has 0 fully saturated rings. The van der Waals surface area contributed by atoms with E-state index < -0.39 is 5.92 Å². The molecule has 0 saturated heterocycles. The zero-order valence-electron chi connectivity index (χ0n) is 15.3. The van der Waals surface area contributed by atoms with Gasteiger partial charge < -0.3 is 0 Å². The van der Waals surface area contributed by atoms with Crippen molar-refractivity contribution in [2.24, 2.45) is 16.7 Å². The number of carbonyl (C=O) groups is 2. The molecule has 0 unspecified atom stereocenters. The molecule has 124 valence electrons. The van der Waals surface area contributed by atoms with Crippen LogP contribution in [0.3, 0.4) is 0 Å². The van der Waals surface area contributed by atoms with Gasteiger partial charge in [-0.25, -0.2) is 0 Å². The zero-order chi connectivity index (χ0) is 16.7. The molecule has 0 aliphatic heterocycles. The molecule has 2 nitrogen and oxygen atoms in total. The number of hydrogen-bond donors (Lipinski definition) is 0. The quantitative estimate of drug-likeness (QED) is 0.466. The van der Waals surface area contributed by atoms with Crippen LogP contribution in [-0.4, -0.2) is 11.6 Å². The highest BCUT2D eigenvalue weighted by atomic mass is 16.2. The van der Waals surface area contributed by atoms with Crippen molar-refractivity contribution in [3.63, 3.8) is 0 Å². The number of rotatable bonds is 11. The number of Topliss-reactive ketones (excluding diaryl/α,β-unsaturated/α-hetero) is 2. The lowest BCUT2D eigenvalue weighted by Gasteiger charge is -2.37. The predicted molar refractivity (Wildman–Crippen MR) is 90.4 cm³/mol. The molecule has 0 aromatic carbocycles. The summed E-state index contributed by atoms with van der Waals surface area (Å²) in [6.45, 7) is 14.5. The summed E-state index contributed by atoms with van der Waals surface area (Å²) in [5, 5.41) is 0. The van der Waals surface area contributed by atoms with Crippen LogP contribution in [0.2, 0.25) is 0 Å². The third-order valence-electron chi connectivity index (χ3n) is 6.15. The number of ketones is 2. The first-order valence-electron chi connectivity index (χ1n) is 8.96. The Hall–Kier alpha value is -0.660. The molecule has 0 N–H and O–H groups in total. The Morgan fingerprint density at radius 1 is 0.619 bits per heavy atom. The normalized spacial score (nSPS) is 12.8. The monoisotopic (exact) mass is 296 g/mol. The summed E-state index contributed by atoms with van der Waals surface area (Å²) in [6, 6.07) is 0. The Balaban J connectivity index is 5.61. The Labute approximate surface area is 132 Å². The maximum Gasteiger partial charge on any atom is 0.149 e. The van der Waals surface area contributed by atoms with Gasteiger partial charge in [0.15, 0.2) is 0 Å². The van der Waals surface area contributed by atoms with Crippen molar-refractivity contribution in [3.05, 3.63) is 0 Å². The van der Waals surface area contributed by atoms with Crippen molar-refractivity contribution in [3.8, 4) is 0 Å². The highest BCUT2D eigenvalue weighted by molar-refractivity contribution is 6.07. The van der Waals surface area contributed by atoms with E-state index in [1.165, 1.54) is 0 Å². The van der Waals surface area contributed by atoms with Crippen LogP contribution in [0.5, 0.6) is 0 Å². The average Bonchev–Trinajstić information content (AvgIpc) is 2.52. The predicted octanol–water partition coefficient (Wildman–Crippen LogP) is 5.58. The van der Waals surface area contributed by atoms with Gasteiger partial charge in [0.25, 0.3) is 0 Å². The standard InChI is InChI=1S/C19H36O2/c1-8-15(16(20)18(9-2,10-3)11-4)17(21)19(12-5,13-6)14-7/h15H,8-14H2,1-7H3. The summed E-state index contributed by atoms with van der Waals surface area (Å²) in [6.07, 6.45) is 5.64. The summed E-state index contributed by atoms with van der Waals surface area (Å²) >= 11 is 0. The fraction of sp³-hybridized carbons (Fsp3) is 0.895. The first-order valence-corrected chi connectivity index (χ1v) is 8.96. The van der Waals surface area contributed by atoms with E-state index in [0.717, 1.165) is 38.5 Å². The summed E-state index contributed by atoms with van der Waals surface area (Å²) in [5.41, 5.74) is -0.616. The van der Waals surface area contributed by atoms with Crippen LogP contribution in [0.1, 0.15) is 93.4 Å². The molecule has 0 aliphatic rings. The van der Waals surface area contributed by atoms with Gasteiger partial charge >= 0.3 is 0 Å². The first-order chi connectivity index (χ1) is 9.88. The van der Waals surface area contributed by atoms with Crippen molar-refractivity contribution >= 4 is 11.6 Å². The van der Waals surface area contributed by atoms with Crippen molar-refractivity contribution in [1.82, 2.24) is 0 Å². The maximum atomic E-state index is 13.1. The molecule has 2 heteroatoms. The van der Waals surface area contributed by atoms with E-state index >= 15 is 0 Å². The minimum Gasteiger partial charge on any atom is -0.298 e. The smallest absolute Gasteiger partial charge is 0.149 e. The second-order valence-corrected chi connectivity index (χ2v) is 6.37. The Kier molecular flexibility index (Phi) is 8.43. The van der Waals surface area contributed by atoms with Gasteiger partial charge in [0.05, 0.1) is 5.92 Å². The summed E-state index contributed by atoms with van der Waals surface area (Å²) in [7, 11) is 0. The molecule has 0 spiro atoms. The van der Waals surface area contributed by atoms with Crippen molar-refractivity contribution in [2.45, 2.75) is 93.4 Å². The fourth-order valence-electron chi connectivity index (χ4n) is 3.77. The minimum atomic E-state index is -0.412. The minimum absolute atomic E-state index is 0.197. The third kappa shape index (κ3) is 3.76. The van der Waals surface area contributed by atoms with Crippen molar-refractivity contribution < 1.29 is 9.59 Å². The van der Waals surface area contributed by atoms with Crippen molar-refractivity contribution in [2.75, 3.05) is 0 Å². The lowest BCUT2D eigenvalue weighted by molar-refractivity contribution is -0.145. The Morgan fingerprint density at radius 3 is 1.00 bits per heavy atom. The van der Waals surface area contributed by atoms with Crippen LogP contribution in [0.4, 0.5) is 0 Å². The van der Waals surface area contributed by atoms with Gasteiger partial charge in [0, 0.05) is 10.8 Å². The lowest BCUT2D eigenvalue weighted by atomic mass is 9.64. The van der Waals surface area contributed by atoms with E-state index in [1.807, 2.05) is 6.92 Å².